The molecule has 1 N–H and O–H groups in total. The molecular weight excluding hydrogens is 358 g/mol. The van der Waals surface area contributed by atoms with Crippen LogP contribution in [0.5, 0.6) is 0 Å². The smallest absolute Gasteiger partial charge is 0.410 e. The van der Waals surface area contributed by atoms with Crippen LogP contribution in [0.2, 0.25) is 0 Å². The van der Waals surface area contributed by atoms with Crippen molar-refractivity contribution >= 4 is 39.3 Å². The summed E-state index contributed by atoms with van der Waals surface area (Å²) in [6, 6.07) is 1.92. The molecule has 1 aromatic heterocycles. The summed E-state index contributed by atoms with van der Waals surface area (Å²) in [4.78, 5) is 26.0. The highest BCUT2D eigenvalue weighted by Gasteiger charge is 2.42. The summed E-state index contributed by atoms with van der Waals surface area (Å²) in [5, 5.41) is 11.3. The van der Waals surface area contributed by atoms with Crippen molar-refractivity contribution in [3.8, 4) is 0 Å². The summed E-state index contributed by atoms with van der Waals surface area (Å²) in [7, 11) is 0. The highest BCUT2D eigenvalue weighted by Crippen LogP contribution is 2.37. The van der Waals surface area contributed by atoms with Gasteiger partial charge in [0.1, 0.15) is 5.60 Å². The predicted molar refractivity (Wildman–Crippen MR) is 83.7 cm³/mol. The molecule has 5 nitrogen and oxygen atoms in total. The normalized spacial score (nSPS) is 22.4. The van der Waals surface area contributed by atoms with E-state index in [4.69, 9.17) is 4.74 Å². The SMILES string of the molecule is CC(C)(C)OC(=O)N1CC(C(=O)O)C(c2cc(Br)cs2)C1. The maximum absolute atomic E-state index is 12.1. The molecule has 116 valence electrons. The van der Waals surface area contributed by atoms with Gasteiger partial charge >= 0.3 is 12.1 Å². The van der Waals surface area contributed by atoms with Crippen molar-refractivity contribution in [2.75, 3.05) is 13.1 Å². The van der Waals surface area contributed by atoms with Crippen LogP contribution < -0.4 is 0 Å². The zero-order chi connectivity index (χ0) is 15.8. The molecule has 0 saturated carbocycles. The molecule has 1 fully saturated rings. The van der Waals surface area contributed by atoms with Gasteiger partial charge in [0.2, 0.25) is 0 Å². The average molecular weight is 376 g/mol. The topological polar surface area (TPSA) is 66.8 Å². The number of thiophene rings is 1. The van der Waals surface area contributed by atoms with Crippen molar-refractivity contribution in [3.05, 3.63) is 20.8 Å². The van der Waals surface area contributed by atoms with Gasteiger partial charge < -0.3 is 14.7 Å². The zero-order valence-corrected chi connectivity index (χ0v) is 14.5. The first-order chi connectivity index (χ1) is 9.67. The third kappa shape index (κ3) is 3.97. The summed E-state index contributed by atoms with van der Waals surface area (Å²) in [6.45, 7) is 5.94. The molecule has 1 amide bonds. The largest absolute Gasteiger partial charge is 0.481 e. The van der Waals surface area contributed by atoms with Crippen LogP contribution in [0.3, 0.4) is 0 Å². The van der Waals surface area contributed by atoms with Crippen molar-refractivity contribution in [2.45, 2.75) is 32.3 Å². The molecule has 7 heteroatoms. The molecule has 1 aliphatic rings. The minimum atomic E-state index is -0.879. The lowest BCUT2D eigenvalue weighted by atomic mass is 9.95. The molecule has 2 heterocycles. The number of carbonyl (C=O) groups is 2. The van der Waals surface area contributed by atoms with Gasteiger partial charge in [-0.3, -0.25) is 4.79 Å². The van der Waals surface area contributed by atoms with Crippen molar-refractivity contribution in [1.82, 2.24) is 4.90 Å². The molecule has 1 aliphatic heterocycles. The number of amides is 1. The Hall–Kier alpha value is -1.08. The number of likely N-dealkylation sites (tertiary alicyclic amines) is 1. The standard InChI is InChI=1S/C14H18BrNO4S/c1-14(2,3)20-13(19)16-5-9(10(6-16)12(17)18)11-4-8(15)7-21-11/h4,7,9-10H,5-6H2,1-3H3,(H,17,18). The maximum Gasteiger partial charge on any atom is 0.410 e. The fourth-order valence-corrected chi connectivity index (χ4v) is 3.94. The van der Waals surface area contributed by atoms with E-state index in [9.17, 15) is 14.7 Å². The molecule has 0 aromatic carbocycles. The highest BCUT2D eigenvalue weighted by atomic mass is 79.9. The number of halogens is 1. The van der Waals surface area contributed by atoms with Gasteiger partial charge in [-0.15, -0.1) is 11.3 Å². The monoisotopic (exact) mass is 375 g/mol. The van der Waals surface area contributed by atoms with Crippen LogP contribution in [0.4, 0.5) is 4.79 Å². The zero-order valence-electron chi connectivity index (χ0n) is 12.1. The van der Waals surface area contributed by atoms with E-state index in [2.05, 4.69) is 15.9 Å². The first-order valence-corrected chi connectivity index (χ1v) is 8.29. The molecule has 21 heavy (non-hydrogen) atoms. The van der Waals surface area contributed by atoms with E-state index in [1.165, 1.54) is 16.2 Å². The number of nitrogens with zero attached hydrogens (tertiary/aromatic N) is 1. The van der Waals surface area contributed by atoms with E-state index in [-0.39, 0.29) is 12.5 Å². The Morgan fingerprint density at radius 1 is 1.43 bits per heavy atom. The molecule has 2 unspecified atom stereocenters. The van der Waals surface area contributed by atoms with Crippen LogP contribution >= 0.6 is 27.3 Å². The van der Waals surface area contributed by atoms with Gasteiger partial charge in [-0.1, -0.05) is 0 Å². The second-order valence-electron chi connectivity index (χ2n) is 6.10. The number of ether oxygens (including phenoxy) is 1. The third-order valence-electron chi connectivity index (χ3n) is 3.24. The minimum Gasteiger partial charge on any atom is -0.481 e. The lowest BCUT2D eigenvalue weighted by molar-refractivity contribution is -0.141. The summed E-state index contributed by atoms with van der Waals surface area (Å²) in [6.07, 6.45) is -0.452. The molecule has 0 bridgehead atoms. The van der Waals surface area contributed by atoms with Gasteiger partial charge in [-0.05, 0) is 42.8 Å². The number of carboxylic acids is 1. The summed E-state index contributed by atoms with van der Waals surface area (Å²) < 4.78 is 6.26. The van der Waals surface area contributed by atoms with E-state index in [1.54, 1.807) is 20.8 Å². The molecule has 1 saturated heterocycles. The van der Waals surface area contributed by atoms with Crippen molar-refractivity contribution in [3.63, 3.8) is 0 Å². The second-order valence-corrected chi connectivity index (χ2v) is 7.96. The number of carboxylic acid groups (broad SMARTS) is 1. The van der Waals surface area contributed by atoms with Gasteiger partial charge in [-0.2, -0.15) is 0 Å². The Morgan fingerprint density at radius 2 is 2.10 bits per heavy atom. The summed E-state index contributed by atoms with van der Waals surface area (Å²) in [5.74, 6) is -1.66. The summed E-state index contributed by atoms with van der Waals surface area (Å²) >= 11 is 4.88. The van der Waals surface area contributed by atoms with Crippen LogP contribution in [0.1, 0.15) is 31.6 Å². The quantitative estimate of drug-likeness (QED) is 0.857. The number of hydrogen-bond acceptors (Lipinski definition) is 4. The Bertz CT molecular complexity index is 551. The average Bonchev–Trinajstić information content (AvgIpc) is 2.91. The Labute approximate surface area is 136 Å². The van der Waals surface area contributed by atoms with E-state index >= 15 is 0 Å². The van der Waals surface area contributed by atoms with Crippen LogP contribution in [-0.4, -0.2) is 40.8 Å². The molecule has 0 spiro atoms. The first-order valence-electron chi connectivity index (χ1n) is 6.62. The van der Waals surface area contributed by atoms with Crippen molar-refractivity contribution in [2.24, 2.45) is 5.92 Å². The molecule has 2 atom stereocenters. The Kier molecular flexibility index (Phi) is 4.63. The van der Waals surface area contributed by atoms with E-state index in [0.29, 0.717) is 6.54 Å². The Morgan fingerprint density at radius 3 is 2.57 bits per heavy atom. The van der Waals surface area contributed by atoms with Gasteiger partial charge in [-0.25, -0.2) is 4.79 Å². The van der Waals surface area contributed by atoms with Crippen LogP contribution in [-0.2, 0) is 9.53 Å². The van der Waals surface area contributed by atoms with Gasteiger partial charge in [0, 0.05) is 33.7 Å². The van der Waals surface area contributed by atoms with Crippen molar-refractivity contribution < 1.29 is 19.4 Å². The lowest BCUT2D eigenvalue weighted by Crippen LogP contribution is -2.35. The van der Waals surface area contributed by atoms with E-state index < -0.39 is 23.6 Å². The fraction of sp³-hybridized carbons (Fsp3) is 0.571. The van der Waals surface area contributed by atoms with Crippen molar-refractivity contribution in [1.29, 1.82) is 0 Å². The van der Waals surface area contributed by atoms with E-state index in [0.717, 1.165) is 9.35 Å². The van der Waals surface area contributed by atoms with Crippen LogP contribution in [0, 0.1) is 5.92 Å². The highest BCUT2D eigenvalue weighted by molar-refractivity contribution is 9.10. The van der Waals surface area contributed by atoms with Gasteiger partial charge in [0.25, 0.3) is 0 Å². The molecule has 1 aromatic rings. The first kappa shape index (κ1) is 16.3. The molecule has 2 rings (SSSR count). The molecular formula is C14H18BrNO4S. The lowest BCUT2D eigenvalue weighted by Gasteiger charge is -2.24. The molecule has 0 aliphatic carbocycles. The van der Waals surface area contributed by atoms with Crippen LogP contribution in [0.25, 0.3) is 0 Å². The summed E-state index contributed by atoms with van der Waals surface area (Å²) in [5.41, 5.74) is -0.583. The third-order valence-corrected chi connectivity index (χ3v) is 5.07. The fourth-order valence-electron chi connectivity index (χ4n) is 2.34. The predicted octanol–water partition coefficient (Wildman–Crippen LogP) is 3.55. The minimum absolute atomic E-state index is 0.185. The van der Waals surface area contributed by atoms with Gasteiger partial charge in [0.15, 0.2) is 0 Å². The maximum atomic E-state index is 12.1. The number of hydrogen-bond donors (Lipinski definition) is 1. The number of carbonyl (C=O) groups excluding carboxylic acids is 1. The van der Waals surface area contributed by atoms with Gasteiger partial charge in [0.05, 0.1) is 5.92 Å². The second kappa shape index (κ2) is 5.96. The number of rotatable bonds is 2. The Balaban J connectivity index is 2.15. The van der Waals surface area contributed by atoms with E-state index in [1.807, 2.05) is 11.4 Å². The molecule has 0 radical (unpaired) electrons. The number of aliphatic carboxylic acids is 1. The van der Waals surface area contributed by atoms with Crippen LogP contribution in [0.15, 0.2) is 15.9 Å².